The van der Waals surface area contributed by atoms with Crippen molar-refractivity contribution in [2.75, 3.05) is 20.3 Å². The van der Waals surface area contributed by atoms with Gasteiger partial charge in [0.25, 0.3) is 0 Å². The Morgan fingerprint density at radius 2 is 2.00 bits per heavy atom. The summed E-state index contributed by atoms with van der Waals surface area (Å²) in [7, 11) is 1.58. The Balaban J connectivity index is 0.00000324. The lowest BCUT2D eigenvalue weighted by molar-refractivity contribution is -0.122. The van der Waals surface area contributed by atoms with E-state index in [0.29, 0.717) is 31.1 Å². The molecule has 5 nitrogen and oxygen atoms in total. The Bertz CT molecular complexity index is 388. The summed E-state index contributed by atoms with van der Waals surface area (Å²) in [6, 6.07) is 7.32. The van der Waals surface area contributed by atoms with E-state index >= 15 is 0 Å². The van der Waals surface area contributed by atoms with Gasteiger partial charge in [0, 0.05) is 12.6 Å². The third-order valence-electron chi connectivity index (χ3n) is 2.42. The van der Waals surface area contributed by atoms with Crippen LogP contribution in [-0.2, 0) is 4.79 Å². The fraction of sp³-hybridized carbons (Fsp3) is 0.462. The average Bonchev–Trinajstić information content (AvgIpc) is 2.39. The van der Waals surface area contributed by atoms with Crippen LogP contribution in [-0.4, -0.2) is 32.2 Å². The van der Waals surface area contributed by atoms with Gasteiger partial charge in [0.1, 0.15) is 0 Å². The van der Waals surface area contributed by atoms with Crippen molar-refractivity contribution in [2.24, 2.45) is 5.73 Å². The standard InChI is InChI=1S/C13H20N2O3.ClH/c1-10(9-14)15-13(16)7-8-18-12-6-4-3-5-11(12)17-2;/h3-6,10H,7-9,14H2,1-2H3,(H,15,16);1H/t10-;/m0./s1. The summed E-state index contributed by atoms with van der Waals surface area (Å²) in [5.74, 6) is 1.23. The molecular weight excluding hydrogens is 268 g/mol. The van der Waals surface area contributed by atoms with Crippen LogP contribution in [0.4, 0.5) is 0 Å². The fourth-order valence-electron chi connectivity index (χ4n) is 1.40. The second kappa shape index (κ2) is 9.47. The molecule has 0 fully saturated rings. The second-order valence-corrected chi connectivity index (χ2v) is 3.95. The molecule has 6 heteroatoms. The molecule has 0 heterocycles. The smallest absolute Gasteiger partial charge is 0.223 e. The average molecular weight is 289 g/mol. The van der Waals surface area contributed by atoms with Gasteiger partial charge in [0.15, 0.2) is 11.5 Å². The summed E-state index contributed by atoms with van der Waals surface area (Å²) in [4.78, 5) is 11.5. The predicted octanol–water partition coefficient (Wildman–Crippen LogP) is 1.35. The summed E-state index contributed by atoms with van der Waals surface area (Å²) in [5, 5.41) is 2.77. The highest BCUT2D eigenvalue weighted by Crippen LogP contribution is 2.25. The molecule has 0 aliphatic carbocycles. The normalized spacial score (nSPS) is 11.1. The van der Waals surface area contributed by atoms with Gasteiger partial charge >= 0.3 is 0 Å². The summed E-state index contributed by atoms with van der Waals surface area (Å²) in [5.41, 5.74) is 5.42. The molecule has 19 heavy (non-hydrogen) atoms. The second-order valence-electron chi connectivity index (χ2n) is 3.95. The number of methoxy groups -OCH3 is 1. The molecule has 0 bridgehead atoms. The van der Waals surface area contributed by atoms with Crippen LogP contribution in [0.1, 0.15) is 13.3 Å². The molecule has 1 aromatic carbocycles. The number of ether oxygens (including phenoxy) is 2. The van der Waals surface area contributed by atoms with E-state index in [4.69, 9.17) is 15.2 Å². The first-order chi connectivity index (χ1) is 8.67. The molecular formula is C13H21ClN2O3. The number of para-hydroxylation sites is 2. The predicted molar refractivity (Wildman–Crippen MR) is 77.0 cm³/mol. The quantitative estimate of drug-likeness (QED) is 0.794. The summed E-state index contributed by atoms with van der Waals surface area (Å²) in [6.07, 6.45) is 0.294. The molecule has 1 amide bonds. The van der Waals surface area contributed by atoms with E-state index in [9.17, 15) is 4.79 Å². The molecule has 0 saturated carbocycles. The van der Waals surface area contributed by atoms with Crippen LogP contribution in [0.3, 0.4) is 0 Å². The molecule has 0 unspecified atom stereocenters. The molecule has 0 saturated heterocycles. The van der Waals surface area contributed by atoms with Crippen LogP contribution >= 0.6 is 12.4 Å². The molecule has 3 N–H and O–H groups in total. The molecule has 0 aliphatic rings. The largest absolute Gasteiger partial charge is 0.493 e. The van der Waals surface area contributed by atoms with E-state index in [1.54, 1.807) is 13.2 Å². The number of carbonyl (C=O) groups excluding carboxylic acids is 1. The molecule has 1 aromatic rings. The van der Waals surface area contributed by atoms with Crippen molar-refractivity contribution in [1.82, 2.24) is 5.32 Å². The minimum absolute atomic E-state index is 0. The Morgan fingerprint density at radius 1 is 1.37 bits per heavy atom. The first-order valence-corrected chi connectivity index (χ1v) is 5.92. The summed E-state index contributed by atoms with van der Waals surface area (Å²) in [6.45, 7) is 2.60. The Labute approximate surface area is 119 Å². The molecule has 0 aromatic heterocycles. The van der Waals surface area contributed by atoms with Crippen LogP contribution < -0.4 is 20.5 Å². The summed E-state index contributed by atoms with van der Waals surface area (Å²) < 4.78 is 10.6. The first kappa shape index (κ1) is 17.5. The number of halogens is 1. The highest BCUT2D eigenvalue weighted by Gasteiger charge is 2.07. The van der Waals surface area contributed by atoms with Gasteiger partial charge < -0.3 is 20.5 Å². The first-order valence-electron chi connectivity index (χ1n) is 5.92. The lowest BCUT2D eigenvalue weighted by Crippen LogP contribution is -2.38. The minimum atomic E-state index is -0.0668. The minimum Gasteiger partial charge on any atom is -0.493 e. The number of benzene rings is 1. The number of rotatable bonds is 7. The van der Waals surface area contributed by atoms with Gasteiger partial charge in [-0.1, -0.05) is 12.1 Å². The van der Waals surface area contributed by atoms with Crippen molar-refractivity contribution < 1.29 is 14.3 Å². The molecule has 0 spiro atoms. The van der Waals surface area contributed by atoms with Gasteiger partial charge in [-0.15, -0.1) is 12.4 Å². The van der Waals surface area contributed by atoms with Crippen molar-refractivity contribution in [2.45, 2.75) is 19.4 Å². The SMILES string of the molecule is COc1ccccc1OCCC(=O)N[C@@H](C)CN.Cl. The number of carbonyl (C=O) groups is 1. The third-order valence-corrected chi connectivity index (χ3v) is 2.42. The van der Waals surface area contributed by atoms with Crippen LogP contribution in [0.25, 0.3) is 0 Å². The third kappa shape index (κ3) is 6.31. The van der Waals surface area contributed by atoms with Crippen molar-refractivity contribution in [3.63, 3.8) is 0 Å². The van der Waals surface area contributed by atoms with E-state index in [0.717, 1.165) is 0 Å². The monoisotopic (exact) mass is 288 g/mol. The Kier molecular flexibility index (Phi) is 8.74. The number of hydrogen-bond acceptors (Lipinski definition) is 4. The van der Waals surface area contributed by atoms with Crippen LogP contribution in [0, 0.1) is 0 Å². The van der Waals surface area contributed by atoms with Gasteiger partial charge in [-0.2, -0.15) is 0 Å². The Morgan fingerprint density at radius 3 is 2.58 bits per heavy atom. The topological polar surface area (TPSA) is 73.6 Å². The lowest BCUT2D eigenvalue weighted by atomic mass is 10.3. The summed E-state index contributed by atoms with van der Waals surface area (Å²) >= 11 is 0. The maximum Gasteiger partial charge on any atom is 0.223 e. The van der Waals surface area contributed by atoms with Crippen LogP contribution in [0.15, 0.2) is 24.3 Å². The van der Waals surface area contributed by atoms with Crippen molar-refractivity contribution in [1.29, 1.82) is 0 Å². The van der Waals surface area contributed by atoms with E-state index < -0.39 is 0 Å². The maximum absolute atomic E-state index is 11.5. The van der Waals surface area contributed by atoms with Crippen molar-refractivity contribution in [3.05, 3.63) is 24.3 Å². The van der Waals surface area contributed by atoms with E-state index in [1.807, 2.05) is 25.1 Å². The van der Waals surface area contributed by atoms with Crippen LogP contribution in [0.5, 0.6) is 11.5 Å². The highest BCUT2D eigenvalue weighted by molar-refractivity contribution is 5.85. The number of nitrogens with two attached hydrogens (primary N) is 1. The van der Waals surface area contributed by atoms with Gasteiger partial charge in [0.2, 0.25) is 5.91 Å². The van der Waals surface area contributed by atoms with Gasteiger partial charge in [0.05, 0.1) is 20.1 Å². The molecule has 1 atom stereocenters. The number of amides is 1. The van der Waals surface area contributed by atoms with E-state index in [2.05, 4.69) is 5.32 Å². The number of hydrogen-bond donors (Lipinski definition) is 2. The fourth-order valence-corrected chi connectivity index (χ4v) is 1.40. The molecule has 0 aliphatic heterocycles. The molecule has 1 rings (SSSR count). The zero-order valence-corrected chi connectivity index (χ0v) is 12.0. The molecule has 0 radical (unpaired) electrons. The Hall–Kier alpha value is -1.46. The number of nitrogens with one attached hydrogen (secondary N) is 1. The van der Waals surface area contributed by atoms with Gasteiger partial charge in [-0.3, -0.25) is 4.79 Å². The molecule has 108 valence electrons. The maximum atomic E-state index is 11.5. The van der Waals surface area contributed by atoms with E-state index in [1.165, 1.54) is 0 Å². The zero-order valence-electron chi connectivity index (χ0n) is 11.2. The van der Waals surface area contributed by atoms with Crippen molar-refractivity contribution >= 4 is 18.3 Å². The lowest BCUT2D eigenvalue weighted by Gasteiger charge is -2.12. The van der Waals surface area contributed by atoms with Crippen LogP contribution in [0.2, 0.25) is 0 Å². The van der Waals surface area contributed by atoms with Gasteiger partial charge in [-0.05, 0) is 19.1 Å². The highest BCUT2D eigenvalue weighted by atomic mass is 35.5. The van der Waals surface area contributed by atoms with E-state index in [-0.39, 0.29) is 24.4 Å². The zero-order chi connectivity index (χ0) is 13.4. The van der Waals surface area contributed by atoms with Crippen molar-refractivity contribution in [3.8, 4) is 11.5 Å². The van der Waals surface area contributed by atoms with Gasteiger partial charge in [-0.25, -0.2) is 0 Å².